The lowest BCUT2D eigenvalue weighted by Crippen LogP contribution is -2.18. The highest BCUT2D eigenvalue weighted by atomic mass is 15.1. The first-order chi connectivity index (χ1) is 24.0. The van der Waals surface area contributed by atoms with E-state index >= 15 is 0 Å². The van der Waals surface area contributed by atoms with E-state index in [1.165, 1.54) is 27.6 Å². The Morgan fingerprint density at radius 3 is 1.71 bits per heavy atom. The van der Waals surface area contributed by atoms with Crippen molar-refractivity contribution in [2.75, 3.05) is 9.80 Å². The molecule has 0 aromatic heterocycles. The van der Waals surface area contributed by atoms with Crippen LogP contribution in [0, 0.1) is 17.9 Å². The summed E-state index contributed by atoms with van der Waals surface area (Å²) in [5.41, 5.74) is 12.3. The number of para-hydroxylation sites is 2. The summed E-state index contributed by atoms with van der Waals surface area (Å²) in [6.07, 6.45) is 0. The standard InChI is InChI=1S/C45H32N4/c1-45(2)41-28-37(48(33-12-6-4-7-13-33)35-24-20-32(47-3)21-25-35)26-27-40(41)44-39-17-11-10-16-38(39)43(29-42(44)45)49(34-14-8-5-9-15-34)36-22-18-31(30-46)19-23-36/h4-29H,1-2H3. The van der Waals surface area contributed by atoms with Crippen LogP contribution in [0.1, 0.15) is 30.5 Å². The molecule has 0 bridgehead atoms. The molecule has 7 aromatic carbocycles. The van der Waals surface area contributed by atoms with Gasteiger partial charge in [-0.3, -0.25) is 0 Å². The molecular weight excluding hydrogens is 597 g/mol. The Morgan fingerprint density at radius 1 is 0.551 bits per heavy atom. The first kappa shape index (κ1) is 29.8. The van der Waals surface area contributed by atoms with E-state index in [0.717, 1.165) is 39.5 Å². The van der Waals surface area contributed by atoms with Gasteiger partial charge >= 0.3 is 0 Å². The van der Waals surface area contributed by atoms with Gasteiger partial charge in [-0.15, -0.1) is 0 Å². The van der Waals surface area contributed by atoms with E-state index in [4.69, 9.17) is 6.57 Å². The Morgan fingerprint density at radius 2 is 1.08 bits per heavy atom. The molecule has 0 heterocycles. The summed E-state index contributed by atoms with van der Waals surface area (Å²) in [5.74, 6) is 0. The summed E-state index contributed by atoms with van der Waals surface area (Å²) >= 11 is 0. The highest BCUT2D eigenvalue weighted by Crippen LogP contribution is 2.55. The van der Waals surface area contributed by atoms with Crippen molar-refractivity contribution in [3.8, 4) is 17.2 Å². The van der Waals surface area contributed by atoms with Crippen LogP contribution >= 0.6 is 0 Å². The molecule has 232 valence electrons. The van der Waals surface area contributed by atoms with E-state index in [1.807, 2.05) is 60.7 Å². The molecule has 7 aromatic rings. The second-order valence-electron chi connectivity index (χ2n) is 12.8. The van der Waals surface area contributed by atoms with Gasteiger partial charge in [0.1, 0.15) is 0 Å². The van der Waals surface area contributed by atoms with Crippen LogP contribution in [0.5, 0.6) is 0 Å². The van der Waals surface area contributed by atoms with Crippen LogP contribution in [-0.4, -0.2) is 0 Å². The van der Waals surface area contributed by atoms with Crippen LogP contribution in [-0.2, 0) is 5.41 Å². The predicted molar refractivity (Wildman–Crippen MR) is 202 cm³/mol. The van der Waals surface area contributed by atoms with E-state index < -0.39 is 0 Å². The summed E-state index contributed by atoms with van der Waals surface area (Å²) < 4.78 is 0. The zero-order chi connectivity index (χ0) is 33.5. The highest BCUT2D eigenvalue weighted by molar-refractivity contribution is 6.10. The van der Waals surface area contributed by atoms with Crippen molar-refractivity contribution in [1.29, 1.82) is 5.26 Å². The first-order valence-corrected chi connectivity index (χ1v) is 16.4. The van der Waals surface area contributed by atoms with Gasteiger partial charge in [-0.05, 0) is 107 Å². The maximum atomic E-state index is 9.52. The van der Waals surface area contributed by atoms with Crippen molar-refractivity contribution >= 4 is 50.6 Å². The van der Waals surface area contributed by atoms with Crippen molar-refractivity contribution in [3.05, 3.63) is 186 Å². The van der Waals surface area contributed by atoms with Crippen LogP contribution < -0.4 is 9.80 Å². The van der Waals surface area contributed by atoms with Crippen molar-refractivity contribution < 1.29 is 0 Å². The monoisotopic (exact) mass is 628 g/mol. The van der Waals surface area contributed by atoms with Gasteiger partial charge in [0.2, 0.25) is 0 Å². The van der Waals surface area contributed by atoms with Gasteiger partial charge in [-0.1, -0.05) is 92.7 Å². The van der Waals surface area contributed by atoms with Gasteiger partial charge in [0.05, 0.1) is 23.9 Å². The molecule has 0 amide bonds. The predicted octanol–water partition coefficient (Wildman–Crippen LogP) is 12.5. The van der Waals surface area contributed by atoms with E-state index in [-0.39, 0.29) is 5.41 Å². The Labute approximate surface area is 287 Å². The maximum absolute atomic E-state index is 9.52. The van der Waals surface area contributed by atoms with Crippen molar-refractivity contribution in [2.45, 2.75) is 19.3 Å². The van der Waals surface area contributed by atoms with Crippen molar-refractivity contribution in [3.63, 3.8) is 0 Å². The average Bonchev–Trinajstić information content (AvgIpc) is 3.38. The molecular formula is C45H32N4. The van der Waals surface area contributed by atoms with Crippen LogP contribution in [0.4, 0.5) is 39.8 Å². The van der Waals surface area contributed by atoms with Crippen LogP contribution in [0.25, 0.3) is 26.7 Å². The van der Waals surface area contributed by atoms with Gasteiger partial charge in [0.25, 0.3) is 0 Å². The molecule has 49 heavy (non-hydrogen) atoms. The zero-order valence-corrected chi connectivity index (χ0v) is 27.3. The largest absolute Gasteiger partial charge is 0.311 e. The number of anilines is 6. The minimum atomic E-state index is -0.303. The fourth-order valence-electron chi connectivity index (χ4n) is 7.27. The van der Waals surface area contributed by atoms with Crippen LogP contribution in [0.3, 0.4) is 0 Å². The van der Waals surface area contributed by atoms with Gasteiger partial charge in [0.15, 0.2) is 5.69 Å². The van der Waals surface area contributed by atoms with E-state index in [9.17, 15) is 5.26 Å². The molecule has 0 aliphatic heterocycles. The number of hydrogen-bond donors (Lipinski definition) is 0. The summed E-state index contributed by atoms with van der Waals surface area (Å²) in [5, 5.41) is 11.9. The second kappa shape index (κ2) is 11.9. The molecule has 0 atom stereocenters. The van der Waals surface area contributed by atoms with Crippen LogP contribution in [0.15, 0.2) is 158 Å². The van der Waals surface area contributed by atoms with Crippen molar-refractivity contribution in [2.24, 2.45) is 0 Å². The molecule has 1 aliphatic rings. The lowest BCUT2D eigenvalue weighted by atomic mass is 9.81. The number of benzene rings is 7. The van der Waals surface area contributed by atoms with E-state index in [2.05, 4.69) is 132 Å². The topological polar surface area (TPSA) is 34.6 Å². The number of nitrogens with zero attached hydrogens (tertiary/aromatic N) is 4. The molecule has 8 rings (SSSR count). The molecule has 0 unspecified atom stereocenters. The Balaban J connectivity index is 1.33. The third-order valence-electron chi connectivity index (χ3n) is 9.66. The summed E-state index contributed by atoms with van der Waals surface area (Å²) in [6, 6.07) is 56.6. The third-order valence-corrected chi connectivity index (χ3v) is 9.66. The molecule has 0 radical (unpaired) electrons. The highest BCUT2D eigenvalue weighted by Gasteiger charge is 2.38. The van der Waals surface area contributed by atoms with E-state index in [0.29, 0.717) is 11.3 Å². The smallest absolute Gasteiger partial charge is 0.187 e. The molecule has 4 heteroatoms. The minimum Gasteiger partial charge on any atom is -0.311 e. The quantitative estimate of drug-likeness (QED) is 0.172. The van der Waals surface area contributed by atoms with Crippen LogP contribution in [0.2, 0.25) is 0 Å². The summed E-state index contributed by atoms with van der Waals surface area (Å²) in [4.78, 5) is 8.18. The normalized spacial score (nSPS) is 12.4. The molecule has 0 saturated heterocycles. The second-order valence-corrected chi connectivity index (χ2v) is 12.8. The number of rotatable bonds is 6. The number of nitriles is 1. The van der Waals surface area contributed by atoms with Gasteiger partial charge in [-0.2, -0.15) is 5.26 Å². The average molecular weight is 629 g/mol. The first-order valence-electron chi connectivity index (χ1n) is 16.4. The Kier molecular flexibility index (Phi) is 7.21. The fraction of sp³-hybridized carbons (Fsp3) is 0.0667. The molecule has 0 saturated carbocycles. The van der Waals surface area contributed by atoms with Crippen molar-refractivity contribution in [1.82, 2.24) is 0 Å². The summed E-state index contributed by atoms with van der Waals surface area (Å²) in [6.45, 7) is 12.1. The fourth-order valence-corrected chi connectivity index (χ4v) is 7.27. The SMILES string of the molecule is [C-]#[N+]c1ccc(N(c2ccccc2)c2ccc3c(c2)C(C)(C)c2cc(N(c4ccccc4)c4ccc(C#N)cc4)c4ccccc4c2-3)cc1. The summed E-state index contributed by atoms with van der Waals surface area (Å²) in [7, 11) is 0. The number of hydrogen-bond acceptors (Lipinski definition) is 3. The maximum Gasteiger partial charge on any atom is 0.187 e. The molecule has 1 aliphatic carbocycles. The van der Waals surface area contributed by atoms with Gasteiger partial charge in [0, 0.05) is 39.2 Å². The minimum absolute atomic E-state index is 0.303. The molecule has 0 fully saturated rings. The molecule has 0 spiro atoms. The number of fused-ring (bicyclic) bond motifs is 5. The molecule has 4 nitrogen and oxygen atoms in total. The lowest BCUT2D eigenvalue weighted by molar-refractivity contribution is 0.661. The van der Waals surface area contributed by atoms with E-state index in [1.54, 1.807) is 0 Å². The Hall–Kier alpha value is -6.62. The van der Waals surface area contributed by atoms with Gasteiger partial charge in [-0.25, -0.2) is 4.85 Å². The Bertz CT molecular complexity index is 2420. The lowest BCUT2D eigenvalue weighted by Gasteiger charge is -2.30. The molecule has 0 N–H and O–H groups in total. The van der Waals surface area contributed by atoms with Gasteiger partial charge < -0.3 is 9.80 Å². The zero-order valence-electron chi connectivity index (χ0n) is 27.3. The third kappa shape index (κ3) is 4.99.